The van der Waals surface area contributed by atoms with Gasteiger partial charge in [-0.3, -0.25) is 9.48 Å². The van der Waals surface area contributed by atoms with E-state index in [0.29, 0.717) is 26.1 Å². The second kappa shape index (κ2) is 6.72. The van der Waals surface area contributed by atoms with Crippen molar-refractivity contribution in [2.24, 2.45) is 5.41 Å². The molecule has 0 bridgehead atoms. The highest BCUT2D eigenvalue weighted by atomic mass is 16.4. The van der Waals surface area contributed by atoms with Crippen molar-refractivity contribution in [3.63, 3.8) is 0 Å². The standard InChI is InChI=1S/C11H19N5O3/c1-11(2,9(17)18)3-4-13-10(19)14-5-6-16-8-12-7-15-16/h7-8H,3-6H2,1-2H3,(H,17,18)(H2,13,14,19). The first-order valence-electron chi connectivity index (χ1n) is 5.99. The first-order chi connectivity index (χ1) is 8.92. The largest absolute Gasteiger partial charge is 0.481 e. The van der Waals surface area contributed by atoms with E-state index in [1.165, 1.54) is 6.33 Å². The van der Waals surface area contributed by atoms with Crippen LogP contribution in [0.1, 0.15) is 20.3 Å². The fraction of sp³-hybridized carbons (Fsp3) is 0.636. The molecule has 1 aromatic heterocycles. The lowest BCUT2D eigenvalue weighted by Gasteiger charge is -2.18. The van der Waals surface area contributed by atoms with Gasteiger partial charge in [-0.25, -0.2) is 9.78 Å². The Balaban J connectivity index is 2.13. The number of hydrogen-bond donors (Lipinski definition) is 3. The molecule has 3 N–H and O–H groups in total. The summed E-state index contributed by atoms with van der Waals surface area (Å²) in [5.74, 6) is -0.874. The molecule has 0 aliphatic carbocycles. The fourth-order valence-electron chi connectivity index (χ4n) is 1.29. The van der Waals surface area contributed by atoms with E-state index >= 15 is 0 Å². The number of carbonyl (C=O) groups excluding carboxylic acids is 1. The van der Waals surface area contributed by atoms with Crippen LogP contribution in [0.15, 0.2) is 12.7 Å². The summed E-state index contributed by atoms with van der Waals surface area (Å²) in [6.07, 6.45) is 3.36. The van der Waals surface area contributed by atoms with Crippen molar-refractivity contribution >= 4 is 12.0 Å². The molecule has 19 heavy (non-hydrogen) atoms. The van der Waals surface area contributed by atoms with Gasteiger partial charge < -0.3 is 15.7 Å². The third-order valence-electron chi connectivity index (χ3n) is 2.71. The van der Waals surface area contributed by atoms with Gasteiger partial charge in [0.25, 0.3) is 0 Å². The monoisotopic (exact) mass is 269 g/mol. The van der Waals surface area contributed by atoms with Crippen LogP contribution in [-0.2, 0) is 11.3 Å². The third-order valence-corrected chi connectivity index (χ3v) is 2.71. The van der Waals surface area contributed by atoms with Crippen LogP contribution in [0, 0.1) is 5.41 Å². The average Bonchev–Trinajstić information content (AvgIpc) is 2.81. The number of amides is 2. The molecular formula is C11H19N5O3. The normalized spacial score (nSPS) is 11.1. The summed E-state index contributed by atoms with van der Waals surface area (Å²) < 4.78 is 1.60. The average molecular weight is 269 g/mol. The van der Waals surface area contributed by atoms with E-state index in [1.54, 1.807) is 24.9 Å². The highest BCUT2D eigenvalue weighted by Crippen LogP contribution is 2.19. The van der Waals surface area contributed by atoms with Crippen LogP contribution in [0.4, 0.5) is 4.79 Å². The summed E-state index contributed by atoms with van der Waals surface area (Å²) >= 11 is 0. The molecule has 1 heterocycles. The van der Waals surface area contributed by atoms with Crippen molar-refractivity contribution in [1.29, 1.82) is 0 Å². The van der Waals surface area contributed by atoms with Crippen LogP contribution in [-0.4, -0.2) is 45.0 Å². The zero-order chi connectivity index (χ0) is 14.3. The predicted molar refractivity (Wildman–Crippen MR) is 67.5 cm³/mol. The topological polar surface area (TPSA) is 109 Å². The highest BCUT2D eigenvalue weighted by molar-refractivity contribution is 5.75. The van der Waals surface area contributed by atoms with Crippen LogP contribution in [0.3, 0.4) is 0 Å². The second-order valence-electron chi connectivity index (χ2n) is 4.78. The first-order valence-corrected chi connectivity index (χ1v) is 5.99. The fourth-order valence-corrected chi connectivity index (χ4v) is 1.29. The maximum atomic E-state index is 11.4. The number of hydrogen-bond acceptors (Lipinski definition) is 4. The molecule has 0 atom stereocenters. The van der Waals surface area contributed by atoms with Crippen molar-refractivity contribution in [1.82, 2.24) is 25.4 Å². The van der Waals surface area contributed by atoms with Gasteiger partial charge in [-0.15, -0.1) is 0 Å². The number of carboxylic acid groups (broad SMARTS) is 1. The van der Waals surface area contributed by atoms with E-state index in [1.807, 2.05) is 0 Å². The molecule has 0 spiro atoms. The molecule has 0 radical (unpaired) electrons. The molecule has 0 unspecified atom stereocenters. The van der Waals surface area contributed by atoms with Crippen LogP contribution >= 0.6 is 0 Å². The minimum Gasteiger partial charge on any atom is -0.481 e. The van der Waals surface area contributed by atoms with E-state index in [0.717, 1.165) is 0 Å². The summed E-state index contributed by atoms with van der Waals surface area (Å²) in [5, 5.41) is 18.1. The van der Waals surface area contributed by atoms with Crippen molar-refractivity contribution in [3.05, 3.63) is 12.7 Å². The molecule has 0 aromatic carbocycles. The lowest BCUT2D eigenvalue weighted by Crippen LogP contribution is -2.39. The molecular weight excluding hydrogens is 250 g/mol. The third kappa shape index (κ3) is 5.36. The molecule has 0 saturated carbocycles. The maximum absolute atomic E-state index is 11.4. The first kappa shape index (κ1) is 14.9. The zero-order valence-electron chi connectivity index (χ0n) is 11.1. The molecule has 8 nitrogen and oxygen atoms in total. The molecule has 8 heteroatoms. The van der Waals surface area contributed by atoms with Gasteiger partial charge in [0, 0.05) is 13.1 Å². The van der Waals surface area contributed by atoms with Crippen molar-refractivity contribution in [2.45, 2.75) is 26.8 Å². The molecule has 0 fully saturated rings. The maximum Gasteiger partial charge on any atom is 0.314 e. The molecule has 0 saturated heterocycles. The van der Waals surface area contributed by atoms with Gasteiger partial charge in [-0.2, -0.15) is 5.10 Å². The molecule has 1 aromatic rings. The highest BCUT2D eigenvalue weighted by Gasteiger charge is 2.26. The SMILES string of the molecule is CC(C)(CCNC(=O)NCCn1cncn1)C(=O)O. The number of aliphatic carboxylic acids is 1. The Kier molecular flexibility index (Phi) is 5.28. The van der Waals surface area contributed by atoms with Crippen LogP contribution in [0.5, 0.6) is 0 Å². The molecule has 0 aliphatic heterocycles. The number of rotatable bonds is 7. The number of nitrogens with zero attached hydrogens (tertiary/aromatic N) is 3. The molecule has 106 valence electrons. The van der Waals surface area contributed by atoms with E-state index in [9.17, 15) is 9.59 Å². The second-order valence-corrected chi connectivity index (χ2v) is 4.78. The summed E-state index contributed by atoms with van der Waals surface area (Å²) in [6, 6.07) is -0.318. The summed E-state index contributed by atoms with van der Waals surface area (Å²) in [7, 11) is 0. The number of aromatic nitrogens is 3. The van der Waals surface area contributed by atoms with Gasteiger partial charge in [0.05, 0.1) is 12.0 Å². The van der Waals surface area contributed by atoms with Crippen molar-refractivity contribution in [3.8, 4) is 0 Å². The van der Waals surface area contributed by atoms with Gasteiger partial charge in [0.2, 0.25) is 0 Å². The molecule has 1 rings (SSSR count). The van der Waals surface area contributed by atoms with Gasteiger partial charge >= 0.3 is 12.0 Å². The van der Waals surface area contributed by atoms with Crippen molar-refractivity contribution in [2.75, 3.05) is 13.1 Å². The van der Waals surface area contributed by atoms with Crippen LogP contribution < -0.4 is 10.6 Å². The van der Waals surface area contributed by atoms with Gasteiger partial charge in [-0.05, 0) is 20.3 Å². The van der Waals surface area contributed by atoms with Gasteiger partial charge in [0.1, 0.15) is 12.7 Å². The van der Waals surface area contributed by atoms with E-state index in [-0.39, 0.29) is 6.03 Å². The molecule has 2 amide bonds. The zero-order valence-corrected chi connectivity index (χ0v) is 11.1. The summed E-state index contributed by atoms with van der Waals surface area (Å²) in [5.41, 5.74) is -0.839. The lowest BCUT2D eigenvalue weighted by atomic mass is 9.90. The number of urea groups is 1. The number of carbonyl (C=O) groups is 2. The Hall–Kier alpha value is -2.12. The Bertz CT molecular complexity index is 416. The Morgan fingerprint density at radius 3 is 2.58 bits per heavy atom. The van der Waals surface area contributed by atoms with Crippen LogP contribution in [0.25, 0.3) is 0 Å². The smallest absolute Gasteiger partial charge is 0.314 e. The quantitative estimate of drug-likeness (QED) is 0.649. The molecule has 0 aliphatic rings. The van der Waals surface area contributed by atoms with E-state index in [2.05, 4.69) is 20.7 Å². The summed E-state index contributed by atoms with van der Waals surface area (Å²) in [4.78, 5) is 26.0. The Morgan fingerprint density at radius 1 is 1.32 bits per heavy atom. The van der Waals surface area contributed by atoms with Crippen LogP contribution in [0.2, 0.25) is 0 Å². The van der Waals surface area contributed by atoms with E-state index in [4.69, 9.17) is 5.11 Å². The minimum absolute atomic E-state index is 0.314. The van der Waals surface area contributed by atoms with Crippen molar-refractivity contribution < 1.29 is 14.7 Å². The van der Waals surface area contributed by atoms with Gasteiger partial charge in [-0.1, -0.05) is 0 Å². The predicted octanol–water partition coefficient (Wildman–Crippen LogP) is 0.0782. The lowest BCUT2D eigenvalue weighted by molar-refractivity contribution is -0.147. The number of carboxylic acids is 1. The van der Waals surface area contributed by atoms with Gasteiger partial charge in [0.15, 0.2) is 0 Å². The Morgan fingerprint density at radius 2 is 2.00 bits per heavy atom. The Labute approximate surface area is 111 Å². The number of nitrogens with one attached hydrogen (secondary N) is 2. The summed E-state index contributed by atoms with van der Waals surface area (Å²) in [6.45, 7) is 4.53. The minimum atomic E-state index is -0.874. The van der Waals surface area contributed by atoms with E-state index < -0.39 is 11.4 Å².